The van der Waals surface area contributed by atoms with Crippen molar-refractivity contribution in [1.82, 2.24) is 10.2 Å². The zero-order chi connectivity index (χ0) is 20.1. The lowest BCUT2D eigenvalue weighted by Crippen LogP contribution is -2.47. The minimum absolute atomic E-state index is 0.00399. The van der Waals surface area contributed by atoms with Gasteiger partial charge < -0.3 is 19.9 Å². The van der Waals surface area contributed by atoms with E-state index in [1.165, 1.54) is 4.90 Å². The number of fused-ring (bicyclic) bond motifs is 1. The molecule has 0 radical (unpaired) electrons. The molecule has 28 heavy (non-hydrogen) atoms. The number of anilines is 1. The van der Waals surface area contributed by atoms with Crippen LogP contribution in [-0.4, -0.2) is 56.4 Å². The van der Waals surface area contributed by atoms with Crippen LogP contribution < -0.4 is 10.2 Å². The third-order valence-electron chi connectivity index (χ3n) is 5.74. The molecular weight excluding hydrogens is 358 g/mol. The van der Waals surface area contributed by atoms with E-state index in [1.54, 1.807) is 19.1 Å². The Morgan fingerprint density at radius 2 is 1.89 bits per heavy atom. The molecule has 1 heterocycles. The molecule has 7 nitrogen and oxygen atoms in total. The maximum absolute atomic E-state index is 13.2. The number of methoxy groups -OCH3 is 1. The number of likely N-dealkylation sites (N-methyl/N-ethyl adjacent to an activating group) is 1. The van der Waals surface area contributed by atoms with Gasteiger partial charge in [-0.3, -0.25) is 14.4 Å². The highest BCUT2D eigenvalue weighted by Gasteiger charge is 2.33. The van der Waals surface area contributed by atoms with E-state index in [0.29, 0.717) is 18.7 Å². The van der Waals surface area contributed by atoms with Crippen LogP contribution in [0.4, 0.5) is 5.69 Å². The highest BCUT2D eigenvalue weighted by molar-refractivity contribution is 6.01. The molecule has 1 aliphatic heterocycles. The summed E-state index contributed by atoms with van der Waals surface area (Å²) in [6.45, 7) is 0.354. The van der Waals surface area contributed by atoms with Gasteiger partial charge in [-0.1, -0.05) is 31.0 Å². The van der Waals surface area contributed by atoms with Gasteiger partial charge in [0, 0.05) is 32.2 Å². The lowest BCUT2D eigenvalue weighted by atomic mass is 10.0. The molecule has 3 rings (SSSR count). The Hall–Kier alpha value is -2.41. The summed E-state index contributed by atoms with van der Waals surface area (Å²) in [5, 5.41) is 2.57. The van der Waals surface area contributed by atoms with E-state index < -0.39 is 0 Å². The number of carbonyl (C=O) groups excluding carboxylic acids is 3. The van der Waals surface area contributed by atoms with E-state index in [4.69, 9.17) is 4.74 Å². The molecule has 1 unspecified atom stereocenters. The predicted octanol–water partition coefficient (Wildman–Crippen LogP) is 1.88. The fourth-order valence-corrected chi connectivity index (χ4v) is 4.16. The van der Waals surface area contributed by atoms with E-state index in [-0.39, 0.29) is 42.8 Å². The van der Waals surface area contributed by atoms with E-state index in [2.05, 4.69) is 5.32 Å². The van der Waals surface area contributed by atoms with Gasteiger partial charge in [-0.2, -0.15) is 0 Å². The third kappa shape index (κ3) is 4.35. The summed E-state index contributed by atoms with van der Waals surface area (Å²) >= 11 is 0. The van der Waals surface area contributed by atoms with Crippen molar-refractivity contribution in [3.05, 3.63) is 29.8 Å². The molecule has 152 valence electrons. The average Bonchev–Trinajstić information content (AvgIpc) is 3.26. The van der Waals surface area contributed by atoms with Crippen molar-refractivity contribution in [2.45, 2.75) is 38.2 Å². The van der Waals surface area contributed by atoms with Crippen LogP contribution in [0.3, 0.4) is 0 Å². The second kappa shape index (κ2) is 9.19. The molecule has 1 N–H and O–H groups in total. The average molecular weight is 387 g/mol. The molecule has 1 aliphatic carbocycles. The quantitative estimate of drug-likeness (QED) is 0.856. The number of amides is 3. The van der Waals surface area contributed by atoms with Crippen molar-refractivity contribution in [3.63, 3.8) is 0 Å². The summed E-state index contributed by atoms with van der Waals surface area (Å²) in [6.07, 6.45) is 4.25. The van der Waals surface area contributed by atoms with Crippen molar-refractivity contribution in [2.75, 3.05) is 38.7 Å². The van der Waals surface area contributed by atoms with Crippen LogP contribution in [-0.2, 0) is 19.1 Å². The third-order valence-corrected chi connectivity index (χ3v) is 5.74. The lowest BCUT2D eigenvalue weighted by Gasteiger charge is -2.28. The van der Waals surface area contributed by atoms with Crippen LogP contribution in [0.25, 0.3) is 0 Å². The summed E-state index contributed by atoms with van der Waals surface area (Å²) in [5.41, 5.74) is 1.52. The molecule has 1 aromatic carbocycles. The molecule has 1 saturated carbocycles. The number of ether oxygens (including phenoxy) is 1. The van der Waals surface area contributed by atoms with Gasteiger partial charge in [0.1, 0.15) is 13.1 Å². The Labute approximate surface area is 166 Å². The molecule has 0 aromatic heterocycles. The fourth-order valence-electron chi connectivity index (χ4n) is 4.16. The van der Waals surface area contributed by atoms with E-state index in [9.17, 15) is 14.4 Å². The predicted molar refractivity (Wildman–Crippen MR) is 106 cm³/mol. The van der Waals surface area contributed by atoms with Crippen LogP contribution in [0.1, 0.15) is 43.8 Å². The van der Waals surface area contributed by atoms with Gasteiger partial charge in [0.2, 0.25) is 17.7 Å². The molecule has 1 fully saturated rings. The number of hydrogen-bond acceptors (Lipinski definition) is 4. The molecule has 7 heteroatoms. The minimum atomic E-state index is -0.259. The summed E-state index contributed by atoms with van der Waals surface area (Å²) < 4.78 is 5.70. The Balaban J connectivity index is 1.94. The van der Waals surface area contributed by atoms with Crippen molar-refractivity contribution in [2.24, 2.45) is 5.92 Å². The largest absolute Gasteiger partial charge is 0.377 e. The zero-order valence-corrected chi connectivity index (χ0v) is 16.6. The molecule has 1 atom stereocenters. The number of rotatable bonds is 4. The van der Waals surface area contributed by atoms with E-state index in [1.807, 2.05) is 24.3 Å². The minimum Gasteiger partial charge on any atom is -0.377 e. The van der Waals surface area contributed by atoms with Gasteiger partial charge in [-0.05, 0) is 25.3 Å². The normalized spacial score (nSPS) is 20.9. The number of benzene rings is 1. The van der Waals surface area contributed by atoms with Crippen LogP contribution >= 0.6 is 0 Å². The Kier molecular flexibility index (Phi) is 6.67. The fraction of sp³-hybridized carbons (Fsp3) is 0.571. The molecule has 0 spiro atoms. The Morgan fingerprint density at radius 1 is 1.18 bits per heavy atom. The van der Waals surface area contributed by atoms with Crippen molar-refractivity contribution >= 4 is 23.4 Å². The maximum atomic E-state index is 13.2. The van der Waals surface area contributed by atoms with Gasteiger partial charge in [0.05, 0.1) is 11.8 Å². The van der Waals surface area contributed by atoms with Gasteiger partial charge in [0.15, 0.2) is 0 Å². The first-order chi connectivity index (χ1) is 13.5. The number of hydrogen-bond donors (Lipinski definition) is 1. The summed E-state index contributed by atoms with van der Waals surface area (Å²) in [7, 11) is 3.18. The number of carbonyl (C=O) groups is 3. The molecular formula is C21H29N3O4. The first kappa shape index (κ1) is 20.3. The van der Waals surface area contributed by atoms with Crippen molar-refractivity contribution < 1.29 is 19.1 Å². The van der Waals surface area contributed by atoms with Crippen LogP contribution in [0, 0.1) is 5.92 Å². The number of nitrogens with zero attached hydrogens (tertiary/aromatic N) is 2. The second-order valence-electron chi connectivity index (χ2n) is 7.47. The van der Waals surface area contributed by atoms with E-state index in [0.717, 1.165) is 31.2 Å². The number of para-hydroxylation sites is 1. The monoisotopic (exact) mass is 387 g/mol. The van der Waals surface area contributed by atoms with Crippen LogP contribution in [0.2, 0.25) is 0 Å². The van der Waals surface area contributed by atoms with Gasteiger partial charge >= 0.3 is 0 Å². The highest BCUT2D eigenvalue weighted by Crippen LogP contribution is 2.33. The lowest BCUT2D eigenvalue weighted by molar-refractivity contribution is -0.139. The van der Waals surface area contributed by atoms with Crippen LogP contribution in [0.5, 0.6) is 0 Å². The Morgan fingerprint density at radius 3 is 2.57 bits per heavy atom. The van der Waals surface area contributed by atoms with Crippen molar-refractivity contribution in [3.8, 4) is 0 Å². The Bertz CT molecular complexity index is 730. The summed E-state index contributed by atoms with van der Waals surface area (Å²) in [5.74, 6) is -0.458. The summed E-state index contributed by atoms with van der Waals surface area (Å²) in [4.78, 5) is 41.4. The summed E-state index contributed by atoms with van der Waals surface area (Å²) in [6, 6.07) is 7.49. The zero-order valence-electron chi connectivity index (χ0n) is 16.6. The molecule has 1 aromatic rings. The van der Waals surface area contributed by atoms with Gasteiger partial charge in [-0.15, -0.1) is 0 Å². The number of nitrogens with one attached hydrogen (secondary N) is 1. The first-order valence-corrected chi connectivity index (χ1v) is 9.96. The first-order valence-electron chi connectivity index (χ1n) is 9.96. The molecule has 0 saturated heterocycles. The SMILES string of the molecule is CNC(=O)CN1C(=O)CN(C(=O)C2CCCC2)CCC(OC)c2ccccc21. The smallest absolute Gasteiger partial charge is 0.247 e. The molecule has 0 bridgehead atoms. The second-order valence-corrected chi connectivity index (χ2v) is 7.47. The van der Waals surface area contributed by atoms with Gasteiger partial charge in [-0.25, -0.2) is 0 Å². The van der Waals surface area contributed by atoms with Crippen LogP contribution in [0.15, 0.2) is 24.3 Å². The standard InChI is InChI=1S/C21H29N3O4/c1-22-19(25)13-24-17-10-6-5-9-16(17)18(28-2)11-12-23(14-20(24)26)21(27)15-7-3-4-8-15/h5-6,9-10,15,18H,3-4,7-8,11-14H2,1-2H3,(H,22,25). The molecule has 3 amide bonds. The maximum Gasteiger partial charge on any atom is 0.247 e. The van der Waals surface area contributed by atoms with Crippen molar-refractivity contribution in [1.29, 1.82) is 0 Å². The highest BCUT2D eigenvalue weighted by atomic mass is 16.5. The van der Waals surface area contributed by atoms with E-state index >= 15 is 0 Å². The molecule has 2 aliphatic rings. The van der Waals surface area contributed by atoms with Gasteiger partial charge in [0.25, 0.3) is 0 Å². The topological polar surface area (TPSA) is 79.0 Å².